The van der Waals surface area contributed by atoms with Gasteiger partial charge in [-0.1, -0.05) is 11.6 Å². The Balaban J connectivity index is 2.34. The molecule has 0 unspecified atom stereocenters. The van der Waals surface area contributed by atoms with Crippen LogP contribution in [0.2, 0.25) is 5.02 Å². The summed E-state index contributed by atoms with van der Waals surface area (Å²) < 4.78 is 5.43. The zero-order chi connectivity index (χ0) is 13.8. The van der Waals surface area contributed by atoms with Gasteiger partial charge >= 0.3 is 0 Å². The highest BCUT2D eigenvalue weighted by atomic mass is 35.5. The van der Waals surface area contributed by atoms with E-state index in [1.165, 1.54) is 36.7 Å². The molecule has 1 aromatic heterocycles. The Bertz CT molecular complexity index is 682. The number of nitro benzene ring substituents is 1. The zero-order valence-electron chi connectivity index (χ0n) is 9.41. The second-order valence-corrected chi connectivity index (χ2v) is 3.86. The van der Waals surface area contributed by atoms with Crippen LogP contribution in [-0.2, 0) is 0 Å². The maximum Gasteiger partial charge on any atom is 0.271 e. The van der Waals surface area contributed by atoms with Gasteiger partial charge in [-0.25, -0.2) is 0 Å². The Morgan fingerprint density at radius 1 is 1.37 bits per heavy atom. The lowest BCUT2D eigenvalue weighted by Crippen LogP contribution is -1.92. The van der Waals surface area contributed by atoms with Crippen molar-refractivity contribution < 1.29 is 9.66 Å². The smallest absolute Gasteiger partial charge is 0.271 e. The number of pyridine rings is 1. The maximum atomic E-state index is 10.6. The first kappa shape index (κ1) is 12.8. The number of benzene rings is 1. The van der Waals surface area contributed by atoms with Crippen molar-refractivity contribution in [2.75, 3.05) is 0 Å². The first-order valence-corrected chi connectivity index (χ1v) is 5.45. The minimum Gasteiger partial charge on any atom is -0.453 e. The van der Waals surface area contributed by atoms with Crippen molar-refractivity contribution in [3.63, 3.8) is 0 Å². The van der Waals surface area contributed by atoms with Crippen LogP contribution in [0.1, 0.15) is 5.56 Å². The molecule has 0 aliphatic rings. The summed E-state index contributed by atoms with van der Waals surface area (Å²) in [5.74, 6) is 0.456. The van der Waals surface area contributed by atoms with Gasteiger partial charge in [-0.3, -0.25) is 15.1 Å². The van der Waals surface area contributed by atoms with Crippen molar-refractivity contribution >= 4 is 17.3 Å². The lowest BCUT2D eigenvalue weighted by atomic mass is 10.2. The molecule has 0 radical (unpaired) electrons. The second-order valence-electron chi connectivity index (χ2n) is 3.46. The van der Waals surface area contributed by atoms with E-state index in [0.717, 1.165) is 0 Å². The average Bonchev–Trinajstić information content (AvgIpc) is 2.41. The molecule has 19 heavy (non-hydrogen) atoms. The van der Waals surface area contributed by atoms with Gasteiger partial charge in [0.1, 0.15) is 11.8 Å². The summed E-state index contributed by atoms with van der Waals surface area (Å²) in [6.45, 7) is 0. The van der Waals surface area contributed by atoms with Crippen LogP contribution in [0, 0.1) is 21.4 Å². The lowest BCUT2D eigenvalue weighted by molar-refractivity contribution is -0.384. The number of nitriles is 1. The molecule has 0 saturated heterocycles. The molecular weight excluding hydrogens is 270 g/mol. The quantitative estimate of drug-likeness (QED) is 0.633. The fraction of sp³-hybridized carbons (Fsp3) is 0. The van der Waals surface area contributed by atoms with E-state index >= 15 is 0 Å². The van der Waals surface area contributed by atoms with Crippen LogP contribution < -0.4 is 4.74 Å². The number of hydrogen-bond donors (Lipinski definition) is 0. The van der Waals surface area contributed by atoms with Gasteiger partial charge in [-0.05, 0) is 12.1 Å². The third kappa shape index (κ3) is 2.78. The average molecular weight is 276 g/mol. The molecule has 0 atom stereocenters. The molecular formula is C12H6ClN3O3. The summed E-state index contributed by atoms with van der Waals surface area (Å²) in [7, 11) is 0. The fourth-order valence-corrected chi connectivity index (χ4v) is 1.57. The molecule has 1 aromatic carbocycles. The molecule has 0 amide bonds. The molecule has 0 aliphatic carbocycles. The van der Waals surface area contributed by atoms with E-state index < -0.39 is 4.92 Å². The van der Waals surface area contributed by atoms with E-state index in [2.05, 4.69) is 4.98 Å². The third-order valence-electron chi connectivity index (χ3n) is 2.25. The Labute approximate surface area is 113 Å². The van der Waals surface area contributed by atoms with Crippen LogP contribution in [0.4, 0.5) is 5.69 Å². The topological polar surface area (TPSA) is 89.0 Å². The Hall–Kier alpha value is -2.65. The van der Waals surface area contributed by atoms with Gasteiger partial charge in [0.25, 0.3) is 5.69 Å². The monoisotopic (exact) mass is 275 g/mol. The van der Waals surface area contributed by atoms with Crippen LogP contribution in [0.3, 0.4) is 0 Å². The molecule has 0 N–H and O–H groups in total. The molecule has 1 heterocycles. The highest BCUT2D eigenvalue weighted by Crippen LogP contribution is 2.33. The summed E-state index contributed by atoms with van der Waals surface area (Å²) in [6.07, 6.45) is 2.83. The van der Waals surface area contributed by atoms with Crippen LogP contribution in [0.15, 0.2) is 36.7 Å². The van der Waals surface area contributed by atoms with Gasteiger partial charge in [0.05, 0.1) is 21.7 Å². The highest BCUT2D eigenvalue weighted by Gasteiger charge is 2.12. The number of aromatic nitrogens is 1. The standard InChI is InChI=1S/C12H6ClN3O3/c13-10-5-9(16(17)18)1-2-11(10)19-12-7-15-4-3-8(12)6-14/h1-5,7H. The van der Waals surface area contributed by atoms with Gasteiger partial charge in [0.2, 0.25) is 0 Å². The molecule has 0 spiro atoms. The van der Waals surface area contributed by atoms with Crippen molar-refractivity contribution in [1.82, 2.24) is 4.98 Å². The van der Waals surface area contributed by atoms with Crippen molar-refractivity contribution in [1.29, 1.82) is 5.26 Å². The van der Waals surface area contributed by atoms with E-state index in [4.69, 9.17) is 21.6 Å². The van der Waals surface area contributed by atoms with Gasteiger partial charge in [0.15, 0.2) is 5.75 Å². The minimum atomic E-state index is -0.555. The number of halogens is 1. The number of rotatable bonds is 3. The fourth-order valence-electron chi connectivity index (χ4n) is 1.36. The number of nitro groups is 1. The van der Waals surface area contributed by atoms with Crippen LogP contribution in [-0.4, -0.2) is 9.91 Å². The van der Waals surface area contributed by atoms with E-state index in [-0.39, 0.29) is 22.2 Å². The van der Waals surface area contributed by atoms with Gasteiger partial charge in [-0.15, -0.1) is 0 Å². The van der Waals surface area contributed by atoms with Crippen molar-refractivity contribution in [2.45, 2.75) is 0 Å². The van der Waals surface area contributed by atoms with Crippen LogP contribution in [0.25, 0.3) is 0 Å². The second kappa shape index (κ2) is 5.33. The van der Waals surface area contributed by atoms with E-state index in [1.807, 2.05) is 6.07 Å². The normalized spacial score (nSPS) is 9.68. The van der Waals surface area contributed by atoms with Gasteiger partial charge < -0.3 is 4.74 Å². The first-order chi connectivity index (χ1) is 9.11. The molecule has 94 valence electrons. The number of hydrogen-bond acceptors (Lipinski definition) is 5. The SMILES string of the molecule is N#Cc1ccncc1Oc1ccc([N+](=O)[O-])cc1Cl. The Morgan fingerprint density at radius 2 is 2.16 bits per heavy atom. The number of nitrogens with zero attached hydrogens (tertiary/aromatic N) is 3. The zero-order valence-corrected chi connectivity index (χ0v) is 10.2. The first-order valence-electron chi connectivity index (χ1n) is 5.07. The molecule has 0 aliphatic heterocycles. The molecule has 2 rings (SSSR count). The van der Waals surface area contributed by atoms with Gasteiger partial charge in [0, 0.05) is 18.3 Å². The van der Waals surface area contributed by atoms with Crippen LogP contribution >= 0.6 is 11.6 Å². The molecule has 0 saturated carbocycles. The summed E-state index contributed by atoms with van der Waals surface area (Å²) in [6, 6.07) is 7.26. The van der Waals surface area contributed by atoms with Gasteiger partial charge in [-0.2, -0.15) is 5.26 Å². The number of ether oxygens (including phenoxy) is 1. The Morgan fingerprint density at radius 3 is 2.79 bits per heavy atom. The predicted molar refractivity (Wildman–Crippen MR) is 67.1 cm³/mol. The van der Waals surface area contributed by atoms with E-state index in [9.17, 15) is 10.1 Å². The Kier molecular flexibility index (Phi) is 3.59. The maximum absolute atomic E-state index is 10.6. The molecule has 2 aromatic rings. The van der Waals surface area contributed by atoms with E-state index in [0.29, 0.717) is 5.56 Å². The molecule has 0 fully saturated rings. The van der Waals surface area contributed by atoms with Crippen molar-refractivity contribution in [3.05, 3.63) is 57.4 Å². The molecule has 7 heteroatoms. The predicted octanol–water partition coefficient (Wildman–Crippen LogP) is 3.31. The number of non-ortho nitro benzene ring substituents is 1. The minimum absolute atomic E-state index is 0.0851. The summed E-state index contributed by atoms with van der Waals surface area (Å²) >= 11 is 5.89. The van der Waals surface area contributed by atoms with E-state index in [1.54, 1.807) is 0 Å². The molecule has 0 bridgehead atoms. The molecule has 6 nitrogen and oxygen atoms in total. The highest BCUT2D eigenvalue weighted by molar-refractivity contribution is 6.32. The summed E-state index contributed by atoms with van der Waals surface area (Å²) in [4.78, 5) is 13.9. The largest absolute Gasteiger partial charge is 0.453 e. The van der Waals surface area contributed by atoms with Crippen molar-refractivity contribution in [3.8, 4) is 17.6 Å². The third-order valence-corrected chi connectivity index (χ3v) is 2.55. The summed E-state index contributed by atoms with van der Waals surface area (Å²) in [5, 5.41) is 19.6. The lowest BCUT2D eigenvalue weighted by Gasteiger charge is -2.07. The summed E-state index contributed by atoms with van der Waals surface area (Å²) in [5.41, 5.74) is 0.161. The van der Waals surface area contributed by atoms with Crippen LogP contribution in [0.5, 0.6) is 11.5 Å². The van der Waals surface area contributed by atoms with Crippen molar-refractivity contribution in [2.24, 2.45) is 0 Å².